The molecule has 3 rings (SSSR count). The minimum absolute atomic E-state index is 0.00532. The van der Waals surface area contributed by atoms with E-state index in [1.165, 1.54) is 25.3 Å². The van der Waals surface area contributed by atoms with Gasteiger partial charge >= 0.3 is 11.9 Å². The minimum atomic E-state index is -1.39. The summed E-state index contributed by atoms with van der Waals surface area (Å²) in [6.07, 6.45) is 2.81. The Kier molecular flexibility index (Phi) is 5.45. The molecular formula is C23H24O4. The zero-order valence-corrected chi connectivity index (χ0v) is 15.7. The number of allylic oxidation sites excluding steroid dienone is 1. The number of methoxy groups -OCH3 is 2. The molecule has 0 aliphatic heterocycles. The van der Waals surface area contributed by atoms with Crippen LogP contribution in [0.2, 0.25) is 0 Å². The largest absolute Gasteiger partial charge is 0.468 e. The lowest BCUT2D eigenvalue weighted by molar-refractivity contribution is -0.170. The summed E-state index contributed by atoms with van der Waals surface area (Å²) < 4.78 is 10.0. The van der Waals surface area contributed by atoms with Gasteiger partial charge in [0.25, 0.3) is 0 Å². The van der Waals surface area contributed by atoms with Gasteiger partial charge in [-0.2, -0.15) is 0 Å². The van der Waals surface area contributed by atoms with Crippen molar-refractivity contribution in [2.45, 2.75) is 25.2 Å². The fraction of sp³-hybridized carbons (Fsp3) is 0.304. The molecule has 1 aliphatic carbocycles. The third-order valence-electron chi connectivity index (χ3n) is 5.41. The van der Waals surface area contributed by atoms with Crippen LogP contribution in [-0.2, 0) is 25.5 Å². The van der Waals surface area contributed by atoms with Crippen molar-refractivity contribution >= 4 is 11.9 Å². The lowest BCUT2D eigenvalue weighted by Gasteiger charge is -2.34. The monoisotopic (exact) mass is 364 g/mol. The van der Waals surface area contributed by atoms with E-state index in [2.05, 4.69) is 30.8 Å². The van der Waals surface area contributed by atoms with Gasteiger partial charge in [0.1, 0.15) is 0 Å². The van der Waals surface area contributed by atoms with Crippen LogP contribution in [0.15, 0.2) is 61.2 Å². The molecule has 4 heteroatoms. The van der Waals surface area contributed by atoms with Crippen molar-refractivity contribution in [3.63, 3.8) is 0 Å². The van der Waals surface area contributed by atoms with Crippen molar-refractivity contribution in [3.8, 4) is 11.1 Å². The lowest BCUT2D eigenvalue weighted by Crippen LogP contribution is -2.42. The Morgan fingerprint density at radius 2 is 1.63 bits per heavy atom. The van der Waals surface area contributed by atoms with E-state index in [1.807, 2.05) is 24.3 Å². The minimum Gasteiger partial charge on any atom is -0.468 e. The highest BCUT2D eigenvalue weighted by Gasteiger charge is 2.49. The maximum Gasteiger partial charge on any atom is 0.323 e. The molecule has 0 radical (unpaired) electrons. The second-order valence-electron chi connectivity index (χ2n) is 6.91. The fourth-order valence-corrected chi connectivity index (χ4v) is 4.17. The molecule has 1 atom stereocenters. The van der Waals surface area contributed by atoms with Crippen molar-refractivity contribution in [3.05, 3.63) is 72.3 Å². The van der Waals surface area contributed by atoms with Crippen LogP contribution >= 0.6 is 0 Å². The lowest BCUT2D eigenvalue weighted by atomic mass is 9.69. The maximum absolute atomic E-state index is 12.7. The standard InChI is InChI=1S/C23H24O4/c1-4-13-23(21(24)26-2,22(25)27-3)15-17-14-16-9-5-6-10-18(16)20-12-8-7-11-19(17)20/h4-12,17H,1,13-15H2,2-3H3. The third kappa shape index (κ3) is 3.27. The molecule has 1 aliphatic rings. The highest BCUT2D eigenvalue weighted by atomic mass is 16.5. The van der Waals surface area contributed by atoms with Crippen LogP contribution < -0.4 is 0 Å². The summed E-state index contributed by atoms with van der Waals surface area (Å²) in [5.41, 5.74) is 3.30. The van der Waals surface area contributed by atoms with Crippen molar-refractivity contribution in [1.82, 2.24) is 0 Å². The van der Waals surface area contributed by atoms with Gasteiger partial charge in [-0.05, 0) is 47.4 Å². The average molecular weight is 364 g/mol. The molecule has 140 valence electrons. The van der Waals surface area contributed by atoms with E-state index in [4.69, 9.17) is 9.47 Å². The van der Waals surface area contributed by atoms with E-state index in [1.54, 1.807) is 6.08 Å². The van der Waals surface area contributed by atoms with Gasteiger partial charge in [0.15, 0.2) is 5.41 Å². The number of carbonyl (C=O) groups excluding carboxylic acids is 2. The van der Waals surface area contributed by atoms with Crippen LogP contribution in [0, 0.1) is 5.41 Å². The van der Waals surface area contributed by atoms with Gasteiger partial charge in [0.2, 0.25) is 0 Å². The van der Waals surface area contributed by atoms with Crippen LogP contribution in [0.4, 0.5) is 0 Å². The molecule has 2 aromatic carbocycles. The second kappa shape index (κ2) is 7.78. The summed E-state index contributed by atoms with van der Waals surface area (Å²) >= 11 is 0. The summed E-state index contributed by atoms with van der Waals surface area (Å²) in [4.78, 5) is 25.4. The van der Waals surface area contributed by atoms with E-state index < -0.39 is 17.4 Å². The second-order valence-corrected chi connectivity index (χ2v) is 6.91. The molecule has 0 heterocycles. The molecule has 0 fully saturated rings. The van der Waals surface area contributed by atoms with Gasteiger partial charge in [-0.3, -0.25) is 9.59 Å². The van der Waals surface area contributed by atoms with Gasteiger partial charge < -0.3 is 9.47 Å². The van der Waals surface area contributed by atoms with Crippen LogP contribution in [0.5, 0.6) is 0 Å². The SMILES string of the molecule is C=CCC(CC1Cc2ccccc2-c2ccccc21)(C(=O)OC)C(=O)OC. The normalized spacial score (nSPS) is 15.3. The summed E-state index contributed by atoms with van der Waals surface area (Å²) in [6.45, 7) is 3.74. The van der Waals surface area contributed by atoms with Gasteiger partial charge in [-0.15, -0.1) is 6.58 Å². The molecule has 1 unspecified atom stereocenters. The summed E-state index contributed by atoms with van der Waals surface area (Å²) in [5.74, 6) is -1.16. The van der Waals surface area contributed by atoms with Gasteiger partial charge in [-0.1, -0.05) is 54.6 Å². The topological polar surface area (TPSA) is 52.6 Å². The molecule has 4 nitrogen and oxygen atoms in total. The number of hydrogen-bond donors (Lipinski definition) is 0. The molecular weight excluding hydrogens is 340 g/mol. The molecule has 0 aromatic heterocycles. The number of ether oxygens (including phenoxy) is 2. The Labute approximate surface area is 159 Å². The number of hydrogen-bond acceptors (Lipinski definition) is 4. The van der Waals surface area contributed by atoms with E-state index in [-0.39, 0.29) is 12.3 Å². The number of rotatable bonds is 6. The molecule has 2 aromatic rings. The molecule has 0 N–H and O–H groups in total. The predicted molar refractivity (Wildman–Crippen MR) is 104 cm³/mol. The Balaban J connectivity index is 2.08. The zero-order valence-electron chi connectivity index (χ0n) is 15.7. The number of carbonyl (C=O) groups is 2. The fourth-order valence-electron chi connectivity index (χ4n) is 4.17. The van der Waals surface area contributed by atoms with E-state index in [0.29, 0.717) is 6.42 Å². The molecule has 27 heavy (non-hydrogen) atoms. The summed E-state index contributed by atoms with van der Waals surface area (Å²) in [5, 5.41) is 0. The summed E-state index contributed by atoms with van der Waals surface area (Å²) in [6, 6.07) is 16.4. The Hall–Kier alpha value is -2.88. The first-order valence-electron chi connectivity index (χ1n) is 9.02. The molecule has 0 saturated heterocycles. The van der Waals surface area contributed by atoms with Crippen molar-refractivity contribution in [2.24, 2.45) is 5.41 Å². The summed E-state index contributed by atoms with van der Waals surface area (Å²) in [7, 11) is 2.60. The first-order chi connectivity index (χ1) is 13.1. The molecule has 0 saturated carbocycles. The number of fused-ring (bicyclic) bond motifs is 3. The quantitative estimate of drug-likeness (QED) is 0.436. The van der Waals surface area contributed by atoms with Crippen molar-refractivity contribution in [2.75, 3.05) is 14.2 Å². The number of benzene rings is 2. The highest BCUT2D eigenvalue weighted by Crippen LogP contribution is 2.46. The number of esters is 2. The zero-order chi connectivity index (χ0) is 19.4. The Morgan fingerprint density at radius 3 is 2.26 bits per heavy atom. The maximum atomic E-state index is 12.7. The van der Waals surface area contributed by atoms with E-state index in [9.17, 15) is 9.59 Å². The molecule has 0 amide bonds. The van der Waals surface area contributed by atoms with Crippen molar-refractivity contribution in [1.29, 1.82) is 0 Å². The van der Waals surface area contributed by atoms with E-state index in [0.717, 1.165) is 17.5 Å². The van der Waals surface area contributed by atoms with Crippen molar-refractivity contribution < 1.29 is 19.1 Å². The first-order valence-corrected chi connectivity index (χ1v) is 9.02. The average Bonchev–Trinajstić information content (AvgIpc) is 2.72. The Bertz CT molecular complexity index is 852. The third-order valence-corrected chi connectivity index (χ3v) is 5.41. The molecule has 0 spiro atoms. The van der Waals surface area contributed by atoms with Gasteiger partial charge in [-0.25, -0.2) is 0 Å². The predicted octanol–water partition coefficient (Wildman–Crippen LogP) is 4.29. The smallest absolute Gasteiger partial charge is 0.323 e. The first kappa shape index (κ1) is 18.9. The van der Waals surface area contributed by atoms with Gasteiger partial charge in [0, 0.05) is 0 Å². The van der Waals surface area contributed by atoms with Crippen LogP contribution in [0.1, 0.15) is 29.9 Å². The van der Waals surface area contributed by atoms with Gasteiger partial charge in [0.05, 0.1) is 14.2 Å². The Morgan fingerprint density at radius 1 is 1.04 bits per heavy atom. The van der Waals surface area contributed by atoms with E-state index >= 15 is 0 Å². The van der Waals surface area contributed by atoms with Crippen LogP contribution in [0.3, 0.4) is 0 Å². The molecule has 0 bridgehead atoms. The van der Waals surface area contributed by atoms with Crippen LogP contribution in [0.25, 0.3) is 11.1 Å². The highest BCUT2D eigenvalue weighted by molar-refractivity contribution is 6.00. The van der Waals surface area contributed by atoms with Crippen LogP contribution in [-0.4, -0.2) is 26.2 Å².